The first kappa shape index (κ1) is 14.9. The van der Waals surface area contributed by atoms with Gasteiger partial charge in [0, 0.05) is 6.04 Å². The molecule has 0 radical (unpaired) electrons. The Labute approximate surface area is 106 Å². The van der Waals surface area contributed by atoms with Crippen LogP contribution in [0.4, 0.5) is 0 Å². The lowest BCUT2D eigenvalue weighted by atomic mass is 9.95. The summed E-state index contributed by atoms with van der Waals surface area (Å²) in [7, 11) is 0. The third-order valence-corrected chi connectivity index (χ3v) is 3.20. The molecule has 0 spiro atoms. The predicted octanol–water partition coefficient (Wildman–Crippen LogP) is 2.87. The van der Waals surface area contributed by atoms with Crippen molar-refractivity contribution in [2.45, 2.75) is 77.0 Å². The molecule has 1 rings (SSSR count). The first-order chi connectivity index (χ1) is 7.99. The van der Waals surface area contributed by atoms with Crippen molar-refractivity contribution in [2.24, 2.45) is 5.73 Å². The number of hydrogen-bond acceptors (Lipinski definition) is 3. The molecule has 0 heterocycles. The van der Waals surface area contributed by atoms with Gasteiger partial charge in [0.2, 0.25) is 0 Å². The molecule has 0 amide bonds. The van der Waals surface area contributed by atoms with E-state index in [1.165, 1.54) is 25.7 Å². The molecule has 2 atom stereocenters. The first-order valence-corrected chi connectivity index (χ1v) is 7.00. The molecule has 1 aliphatic rings. The van der Waals surface area contributed by atoms with Crippen LogP contribution in [0, 0.1) is 0 Å². The van der Waals surface area contributed by atoms with E-state index in [0.717, 1.165) is 12.8 Å². The zero-order valence-corrected chi connectivity index (χ0v) is 11.7. The molecule has 0 saturated heterocycles. The van der Waals surface area contributed by atoms with E-state index >= 15 is 0 Å². The lowest BCUT2D eigenvalue weighted by molar-refractivity contribution is -0.0591. The zero-order chi connectivity index (χ0) is 12.7. The Morgan fingerprint density at radius 3 is 2.29 bits per heavy atom. The van der Waals surface area contributed by atoms with Crippen molar-refractivity contribution < 1.29 is 9.47 Å². The van der Waals surface area contributed by atoms with Gasteiger partial charge in [-0.1, -0.05) is 25.7 Å². The van der Waals surface area contributed by atoms with Crippen LogP contribution in [0.1, 0.15) is 59.3 Å². The molecule has 102 valence electrons. The van der Waals surface area contributed by atoms with Crippen LogP contribution >= 0.6 is 0 Å². The van der Waals surface area contributed by atoms with Crippen LogP contribution in [0.25, 0.3) is 0 Å². The van der Waals surface area contributed by atoms with E-state index in [2.05, 4.69) is 20.8 Å². The monoisotopic (exact) mass is 243 g/mol. The van der Waals surface area contributed by atoms with Crippen LogP contribution in [0.3, 0.4) is 0 Å². The van der Waals surface area contributed by atoms with Gasteiger partial charge in [0.25, 0.3) is 0 Å². The molecular weight excluding hydrogens is 214 g/mol. The summed E-state index contributed by atoms with van der Waals surface area (Å²) in [5, 5.41) is 0. The molecule has 2 unspecified atom stereocenters. The van der Waals surface area contributed by atoms with Crippen LogP contribution in [0.15, 0.2) is 0 Å². The quantitative estimate of drug-likeness (QED) is 0.772. The van der Waals surface area contributed by atoms with Gasteiger partial charge in [-0.25, -0.2) is 0 Å². The molecule has 0 bridgehead atoms. The summed E-state index contributed by atoms with van der Waals surface area (Å²) < 4.78 is 11.5. The lowest BCUT2D eigenvalue weighted by Crippen LogP contribution is -2.38. The van der Waals surface area contributed by atoms with Crippen molar-refractivity contribution in [3.05, 3.63) is 0 Å². The summed E-state index contributed by atoms with van der Waals surface area (Å²) >= 11 is 0. The molecule has 1 saturated carbocycles. The highest BCUT2D eigenvalue weighted by molar-refractivity contribution is 4.76. The van der Waals surface area contributed by atoms with Gasteiger partial charge in [-0.05, 0) is 33.6 Å². The first-order valence-electron chi connectivity index (χ1n) is 7.00. The SMILES string of the molecule is CC(C)(C)OCCOC1CCCCCCC1N. The molecular formula is C14H29NO2. The maximum absolute atomic E-state index is 6.15. The number of ether oxygens (including phenoxy) is 2. The molecule has 0 aromatic carbocycles. The van der Waals surface area contributed by atoms with Crippen molar-refractivity contribution in [3.63, 3.8) is 0 Å². The van der Waals surface area contributed by atoms with Crippen LogP contribution in [0.5, 0.6) is 0 Å². The molecule has 1 aliphatic carbocycles. The molecule has 0 aromatic heterocycles. The predicted molar refractivity (Wildman–Crippen MR) is 71.1 cm³/mol. The molecule has 17 heavy (non-hydrogen) atoms. The van der Waals surface area contributed by atoms with Gasteiger partial charge in [0.15, 0.2) is 0 Å². The fourth-order valence-corrected chi connectivity index (χ4v) is 2.23. The Morgan fingerprint density at radius 2 is 1.65 bits per heavy atom. The fourth-order valence-electron chi connectivity index (χ4n) is 2.23. The van der Waals surface area contributed by atoms with Gasteiger partial charge < -0.3 is 15.2 Å². The second-order valence-corrected chi connectivity index (χ2v) is 6.03. The van der Waals surface area contributed by atoms with Crippen LogP contribution in [0.2, 0.25) is 0 Å². The highest BCUT2D eigenvalue weighted by Gasteiger charge is 2.20. The minimum absolute atomic E-state index is 0.0770. The normalized spacial score (nSPS) is 27.5. The Bertz CT molecular complexity index is 201. The van der Waals surface area contributed by atoms with E-state index < -0.39 is 0 Å². The third-order valence-electron chi connectivity index (χ3n) is 3.20. The van der Waals surface area contributed by atoms with Gasteiger partial charge in [-0.15, -0.1) is 0 Å². The summed E-state index contributed by atoms with van der Waals surface area (Å²) in [5.74, 6) is 0. The molecule has 1 fully saturated rings. The van der Waals surface area contributed by atoms with Crippen molar-refractivity contribution >= 4 is 0 Å². The molecule has 3 heteroatoms. The van der Waals surface area contributed by atoms with E-state index in [9.17, 15) is 0 Å². The van der Waals surface area contributed by atoms with Crippen molar-refractivity contribution in [1.29, 1.82) is 0 Å². The summed E-state index contributed by atoms with van der Waals surface area (Å²) in [6, 6.07) is 0.213. The van der Waals surface area contributed by atoms with Crippen molar-refractivity contribution in [1.82, 2.24) is 0 Å². The summed E-state index contributed by atoms with van der Waals surface area (Å²) in [6.45, 7) is 7.51. The maximum atomic E-state index is 6.15. The fraction of sp³-hybridized carbons (Fsp3) is 1.00. The van der Waals surface area contributed by atoms with E-state index in [0.29, 0.717) is 13.2 Å². The van der Waals surface area contributed by atoms with Gasteiger partial charge in [0.05, 0.1) is 24.9 Å². The minimum Gasteiger partial charge on any atom is -0.374 e. The Morgan fingerprint density at radius 1 is 1.00 bits per heavy atom. The number of rotatable bonds is 4. The van der Waals surface area contributed by atoms with Gasteiger partial charge in [0.1, 0.15) is 0 Å². The van der Waals surface area contributed by atoms with Gasteiger partial charge >= 0.3 is 0 Å². The van der Waals surface area contributed by atoms with Crippen LogP contribution in [-0.4, -0.2) is 31.0 Å². The standard InChI is InChI=1S/C14H29NO2/c1-14(2,3)17-11-10-16-13-9-7-5-4-6-8-12(13)15/h12-13H,4-11,15H2,1-3H3. The van der Waals surface area contributed by atoms with Crippen LogP contribution < -0.4 is 5.73 Å². The van der Waals surface area contributed by atoms with Crippen molar-refractivity contribution in [2.75, 3.05) is 13.2 Å². The highest BCUT2D eigenvalue weighted by Crippen LogP contribution is 2.19. The average molecular weight is 243 g/mol. The van der Waals surface area contributed by atoms with Crippen LogP contribution in [-0.2, 0) is 9.47 Å². The smallest absolute Gasteiger partial charge is 0.0727 e. The summed E-state index contributed by atoms with van der Waals surface area (Å²) in [5.41, 5.74) is 6.07. The van der Waals surface area contributed by atoms with E-state index in [1.807, 2.05) is 0 Å². The summed E-state index contributed by atoms with van der Waals surface area (Å²) in [4.78, 5) is 0. The molecule has 0 aromatic rings. The van der Waals surface area contributed by atoms with Gasteiger partial charge in [-0.3, -0.25) is 0 Å². The van der Waals surface area contributed by atoms with E-state index in [-0.39, 0.29) is 17.7 Å². The maximum Gasteiger partial charge on any atom is 0.0727 e. The van der Waals surface area contributed by atoms with E-state index in [4.69, 9.17) is 15.2 Å². The molecule has 3 nitrogen and oxygen atoms in total. The van der Waals surface area contributed by atoms with E-state index in [1.54, 1.807) is 0 Å². The minimum atomic E-state index is -0.0770. The van der Waals surface area contributed by atoms with Gasteiger partial charge in [-0.2, -0.15) is 0 Å². The summed E-state index contributed by atoms with van der Waals surface area (Å²) in [6.07, 6.45) is 7.59. The zero-order valence-electron chi connectivity index (χ0n) is 11.7. The molecule has 0 aliphatic heterocycles. The number of nitrogens with two attached hydrogens (primary N) is 1. The largest absolute Gasteiger partial charge is 0.374 e. The second kappa shape index (κ2) is 7.34. The molecule has 2 N–H and O–H groups in total. The third kappa shape index (κ3) is 7.02. The Kier molecular flexibility index (Phi) is 6.45. The number of hydrogen-bond donors (Lipinski definition) is 1. The topological polar surface area (TPSA) is 44.5 Å². The highest BCUT2D eigenvalue weighted by atomic mass is 16.5. The van der Waals surface area contributed by atoms with Crippen molar-refractivity contribution in [3.8, 4) is 0 Å². The Balaban J connectivity index is 2.19. The Hall–Kier alpha value is -0.120. The average Bonchev–Trinajstić information content (AvgIpc) is 2.20. The lowest BCUT2D eigenvalue weighted by Gasteiger charge is -2.27. The second-order valence-electron chi connectivity index (χ2n) is 6.03.